The predicted octanol–water partition coefficient (Wildman–Crippen LogP) is 4.34. The number of hydrogen-bond donors (Lipinski definition) is 1. The number of Topliss-reactive ketones (excluding diaryl/α,β-unsaturated/α-hetero) is 1. The van der Waals surface area contributed by atoms with Crippen LogP contribution in [-0.4, -0.2) is 16.9 Å². The molecule has 0 saturated heterocycles. The summed E-state index contributed by atoms with van der Waals surface area (Å²) in [5.41, 5.74) is 0. The van der Waals surface area contributed by atoms with Crippen LogP contribution >= 0.6 is 0 Å². The van der Waals surface area contributed by atoms with E-state index in [2.05, 4.69) is 6.92 Å². The van der Waals surface area contributed by atoms with Crippen molar-refractivity contribution in [1.29, 1.82) is 0 Å². The van der Waals surface area contributed by atoms with Gasteiger partial charge in [-0.25, -0.2) is 0 Å². The molecule has 0 bridgehead atoms. The van der Waals surface area contributed by atoms with E-state index in [0.29, 0.717) is 12.2 Å². The maximum absolute atomic E-state index is 11.5. The number of carboxylic acid groups (broad SMARTS) is 1. The third-order valence-electron chi connectivity index (χ3n) is 3.16. The Morgan fingerprint density at radius 1 is 0.722 bits per heavy atom. The zero-order chi connectivity index (χ0) is 13.6. The molecule has 0 aromatic carbocycles. The molecule has 3 nitrogen and oxygen atoms in total. The van der Waals surface area contributed by atoms with Gasteiger partial charge in [0.2, 0.25) is 0 Å². The van der Waals surface area contributed by atoms with E-state index >= 15 is 0 Å². The number of rotatable bonds is 13. The van der Waals surface area contributed by atoms with Gasteiger partial charge >= 0.3 is 5.97 Å². The third kappa shape index (κ3) is 13.2. The quantitative estimate of drug-likeness (QED) is 0.499. The molecule has 0 aliphatic heterocycles. The van der Waals surface area contributed by atoms with Crippen LogP contribution in [0.25, 0.3) is 0 Å². The zero-order valence-corrected chi connectivity index (χ0v) is 11.7. The molecule has 18 heavy (non-hydrogen) atoms. The van der Waals surface area contributed by atoms with Crippen LogP contribution in [0.2, 0.25) is 0 Å². The summed E-state index contributed by atoms with van der Waals surface area (Å²) >= 11 is 0. The van der Waals surface area contributed by atoms with Crippen LogP contribution < -0.4 is 0 Å². The van der Waals surface area contributed by atoms with Gasteiger partial charge in [0.1, 0.15) is 5.78 Å². The standard InChI is InChI=1S/C15H28O3/c1-2-3-4-5-8-11-14(16)12-9-6-7-10-13-15(17)18/h2-13H2,1H3,(H,17,18). The Kier molecular flexibility index (Phi) is 12.0. The Morgan fingerprint density at radius 3 is 1.61 bits per heavy atom. The molecule has 0 rings (SSSR count). The second-order valence-electron chi connectivity index (χ2n) is 5.01. The summed E-state index contributed by atoms with van der Waals surface area (Å²) in [6.07, 6.45) is 11.2. The Hall–Kier alpha value is -0.860. The van der Waals surface area contributed by atoms with Gasteiger partial charge in [-0.15, -0.1) is 0 Å². The van der Waals surface area contributed by atoms with Crippen molar-refractivity contribution >= 4 is 11.8 Å². The monoisotopic (exact) mass is 256 g/mol. The van der Waals surface area contributed by atoms with E-state index in [9.17, 15) is 9.59 Å². The minimum absolute atomic E-state index is 0.255. The maximum Gasteiger partial charge on any atom is 0.303 e. The zero-order valence-electron chi connectivity index (χ0n) is 11.7. The van der Waals surface area contributed by atoms with Crippen LogP contribution in [0, 0.1) is 0 Å². The molecule has 0 aliphatic rings. The van der Waals surface area contributed by atoms with Crippen molar-refractivity contribution in [2.45, 2.75) is 84.0 Å². The molecule has 106 valence electrons. The second kappa shape index (κ2) is 12.6. The summed E-state index contributed by atoms with van der Waals surface area (Å²) in [4.78, 5) is 21.8. The van der Waals surface area contributed by atoms with Gasteiger partial charge in [-0.05, 0) is 19.3 Å². The number of aliphatic carboxylic acids is 1. The first-order valence-electron chi connectivity index (χ1n) is 7.40. The van der Waals surface area contributed by atoms with Crippen molar-refractivity contribution in [3.8, 4) is 0 Å². The SMILES string of the molecule is CCCCCCCC(=O)CCCCCCC(=O)O. The first-order chi connectivity index (χ1) is 8.66. The van der Waals surface area contributed by atoms with Gasteiger partial charge in [-0.3, -0.25) is 9.59 Å². The smallest absolute Gasteiger partial charge is 0.303 e. The van der Waals surface area contributed by atoms with E-state index in [1.54, 1.807) is 0 Å². The van der Waals surface area contributed by atoms with Crippen molar-refractivity contribution in [3.63, 3.8) is 0 Å². The Labute approximate surface area is 111 Å². The lowest BCUT2D eigenvalue weighted by Gasteiger charge is -2.01. The highest BCUT2D eigenvalue weighted by molar-refractivity contribution is 5.78. The van der Waals surface area contributed by atoms with Crippen molar-refractivity contribution in [2.24, 2.45) is 0 Å². The third-order valence-corrected chi connectivity index (χ3v) is 3.16. The lowest BCUT2D eigenvalue weighted by molar-refractivity contribution is -0.137. The van der Waals surface area contributed by atoms with Crippen LogP contribution in [0.15, 0.2) is 0 Å². The van der Waals surface area contributed by atoms with Gasteiger partial charge in [-0.2, -0.15) is 0 Å². The van der Waals surface area contributed by atoms with Crippen molar-refractivity contribution in [2.75, 3.05) is 0 Å². The average Bonchev–Trinajstić information content (AvgIpc) is 2.33. The first-order valence-corrected chi connectivity index (χ1v) is 7.40. The minimum Gasteiger partial charge on any atom is -0.481 e. The predicted molar refractivity (Wildman–Crippen MR) is 73.7 cm³/mol. The van der Waals surface area contributed by atoms with Crippen LogP contribution in [0.3, 0.4) is 0 Å². The molecule has 0 aromatic rings. The largest absolute Gasteiger partial charge is 0.481 e. The van der Waals surface area contributed by atoms with Crippen LogP contribution in [0.1, 0.15) is 84.0 Å². The van der Waals surface area contributed by atoms with E-state index < -0.39 is 5.97 Å². The summed E-state index contributed by atoms with van der Waals surface area (Å²) in [5, 5.41) is 8.46. The number of carbonyl (C=O) groups is 2. The Morgan fingerprint density at radius 2 is 1.17 bits per heavy atom. The number of carboxylic acids is 1. The molecule has 0 atom stereocenters. The molecule has 1 N–H and O–H groups in total. The molecule has 0 fully saturated rings. The molecule has 0 spiro atoms. The molecule has 3 heteroatoms. The number of carbonyl (C=O) groups excluding carboxylic acids is 1. The van der Waals surface area contributed by atoms with Crippen molar-refractivity contribution < 1.29 is 14.7 Å². The summed E-state index contributed by atoms with van der Waals surface area (Å²) in [7, 11) is 0. The molecule has 0 saturated carbocycles. The van der Waals surface area contributed by atoms with Crippen molar-refractivity contribution in [1.82, 2.24) is 0 Å². The van der Waals surface area contributed by atoms with Gasteiger partial charge in [-0.1, -0.05) is 45.4 Å². The second-order valence-corrected chi connectivity index (χ2v) is 5.01. The first kappa shape index (κ1) is 17.1. The molecule has 0 aromatic heterocycles. The number of unbranched alkanes of at least 4 members (excludes halogenated alkanes) is 7. The molecular weight excluding hydrogens is 228 g/mol. The number of hydrogen-bond acceptors (Lipinski definition) is 2. The van der Waals surface area contributed by atoms with Crippen molar-refractivity contribution in [3.05, 3.63) is 0 Å². The van der Waals surface area contributed by atoms with E-state index in [4.69, 9.17) is 5.11 Å². The maximum atomic E-state index is 11.5. The van der Waals surface area contributed by atoms with Crippen LogP contribution in [0.5, 0.6) is 0 Å². The highest BCUT2D eigenvalue weighted by Gasteiger charge is 2.02. The van der Waals surface area contributed by atoms with Gasteiger partial charge in [0.25, 0.3) is 0 Å². The lowest BCUT2D eigenvalue weighted by Crippen LogP contribution is -1.98. The van der Waals surface area contributed by atoms with E-state index in [-0.39, 0.29) is 6.42 Å². The minimum atomic E-state index is -0.724. The summed E-state index contributed by atoms with van der Waals surface area (Å²) < 4.78 is 0. The van der Waals surface area contributed by atoms with Gasteiger partial charge in [0.15, 0.2) is 0 Å². The average molecular weight is 256 g/mol. The topological polar surface area (TPSA) is 54.4 Å². The highest BCUT2D eigenvalue weighted by atomic mass is 16.4. The molecule has 0 amide bonds. The van der Waals surface area contributed by atoms with Gasteiger partial charge < -0.3 is 5.11 Å². The molecule has 0 radical (unpaired) electrons. The van der Waals surface area contributed by atoms with E-state index in [1.165, 1.54) is 25.7 Å². The fraction of sp³-hybridized carbons (Fsp3) is 0.867. The number of ketones is 1. The normalized spacial score (nSPS) is 10.5. The Bertz CT molecular complexity index is 224. The highest BCUT2D eigenvalue weighted by Crippen LogP contribution is 2.10. The van der Waals surface area contributed by atoms with Gasteiger partial charge in [0, 0.05) is 19.3 Å². The lowest BCUT2D eigenvalue weighted by atomic mass is 10.0. The fourth-order valence-electron chi connectivity index (χ4n) is 2.00. The van der Waals surface area contributed by atoms with E-state index in [1.807, 2.05) is 0 Å². The summed E-state index contributed by atoms with van der Waals surface area (Å²) in [6, 6.07) is 0. The van der Waals surface area contributed by atoms with Crippen LogP contribution in [-0.2, 0) is 9.59 Å². The molecule has 0 aliphatic carbocycles. The fourth-order valence-corrected chi connectivity index (χ4v) is 2.00. The molecule has 0 unspecified atom stereocenters. The van der Waals surface area contributed by atoms with Gasteiger partial charge in [0.05, 0.1) is 0 Å². The summed E-state index contributed by atoms with van der Waals surface area (Å²) in [5.74, 6) is -0.345. The molecule has 0 heterocycles. The van der Waals surface area contributed by atoms with Crippen LogP contribution in [0.4, 0.5) is 0 Å². The van der Waals surface area contributed by atoms with E-state index in [0.717, 1.165) is 38.5 Å². The Balaban J connectivity index is 3.19. The summed E-state index contributed by atoms with van der Waals surface area (Å²) in [6.45, 7) is 2.19. The molecular formula is C15H28O3.